The van der Waals surface area contributed by atoms with Gasteiger partial charge in [0.15, 0.2) is 6.61 Å². The minimum absolute atomic E-state index is 0.0319. The van der Waals surface area contributed by atoms with E-state index in [4.69, 9.17) is 4.74 Å². The molecule has 7 nitrogen and oxygen atoms in total. The van der Waals surface area contributed by atoms with Crippen LogP contribution in [0.2, 0.25) is 0 Å². The number of rotatable bonds is 10. The number of ether oxygens (including phenoxy) is 1. The molecule has 9 heteroatoms. The Labute approximate surface area is 153 Å². The summed E-state index contributed by atoms with van der Waals surface area (Å²) in [4.78, 5) is 24.1. The van der Waals surface area contributed by atoms with E-state index in [2.05, 4.69) is 10.0 Å². The highest BCUT2D eigenvalue weighted by Crippen LogP contribution is 2.17. The first kappa shape index (κ1) is 21.6. The van der Waals surface area contributed by atoms with Crippen LogP contribution in [0, 0.1) is 5.92 Å². The van der Waals surface area contributed by atoms with E-state index in [0.29, 0.717) is 0 Å². The summed E-state index contributed by atoms with van der Waals surface area (Å²) in [5.41, 5.74) is 0. The summed E-state index contributed by atoms with van der Waals surface area (Å²) in [6.45, 7) is 6.88. The van der Waals surface area contributed by atoms with Gasteiger partial charge in [-0.2, -0.15) is 4.72 Å². The molecule has 0 aliphatic heterocycles. The first-order valence-electron chi connectivity index (χ1n) is 8.23. The number of thiophene rings is 1. The van der Waals surface area contributed by atoms with E-state index in [-0.39, 0.29) is 16.2 Å². The molecule has 0 aliphatic rings. The fourth-order valence-corrected chi connectivity index (χ4v) is 4.43. The van der Waals surface area contributed by atoms with Crippen molar-refractivity contribution in [2.24, 2.45) is 5.92 Å². The van der Waals surface area contributed by atoms with Gasteiger partial charge in [-0.15, -0.1) is 11.3 Å². The molecule has 0 fully saturated rings. The Morgan fingerprint density at radius 3 is 2.36 bits per heavy atom. The van der Waals surface area contributed by atoms with Gasteiger partial charge in [0, 0.05) is 6.04 Å². The van der Waals surface area contributed by atoms with Gasteiger partial charge in [-0.05, 0) is 30.2 Å². The summed E-state index contributed by atoms with van der Waals surface area (Å²) in [6, 6.07) is 2.04. The molecule has 2 N–H and O–H groups in total. The quantitative estimate of drug-likeness (QED) is 0.594. The van der Waals surface area contributed by atoms with Gasteiger partial charge in [-0.25, -0.2) is 8.42 Å². The van der Waals surface area contributed by atoms with E-state index in [1.807, 2.05) is 13.8 Å². The van der Waals surface area contributed by atoms with Gasteiger partial charge in [-0.1, -0.05) is 33.8 Å². The number of hydrogen-bond acceptors (Lipinski definition) is 6. The van der Waals surface area contributed by atoms with Gasteiger partial charge < -0.3 is 10.1 Å². The minimum atomic E-state index is -3.80. The Hall–Kier alpha value is -1.45. The van der Waals surface area contributed by atoms with Crippen molar-refractivity contribution in [2.75, 3.05) is 6.61 Å². The van der Waals surface area contributed by atoms with Gasteiger partial charge in [0.25, 0.3) is 15.9 Å². The van der Waals surface area contributed by atoms with Crippen molar-refractivity contribution in [1.29, 1.82) is 0 Å². The smallest absolute Gasteiger partial charge is 0.324 e. The Balaban J connectivity index is 2.67. The molecule has 1 aromatic rings. The molecule has 0 radical (unpaired) electrons. The molecule has 1 amide bonds. The molecule has 1 aromatic heterocycles. The Morgan fingerprint density at radius 1 is 1.24 bits per heavy atom. The minimum Gasteiger partial charge on any atom is -0.454 e. The maximum atomic E-state index is 12.3. The molecule has 0 aliphatic carbocycles. The standard InChI is InChI=1S/C16H26N2O5S2/c1-5-12(6-2)17-13(19)10-23-16(20)15(11(3)4)18-25(21,22)14-8-7-9-24-14/h7-9,11-12,15,18H,5-6,10H2,1-4H3,(H,17,19)/t15-/m1/s1. The van der Waals surface area contributed by atoms with Crippen molar-refractivity contribution in [1.82, 2.24) is 10.0 Å². The van der Waals surface area contributed by atoms with Gasteiger partial charge in [0.2, 0.25) is 0 Å². The zero-order chi connectivity index (χ0) is 19.0. The van der Waals surface area contributed by atoms with Gasteiger partial charge in [0.05, 0.1) is 0 Å². The van der Waals surface area contributed by atoms with Crippen molar-refractivity contribution in [3.8, 4) is 0 Å². The summed E-state index contributed by atoms with van der Waals surface area (Å²) < 4.78 is 32.1. The molecular formula is C16H26N2O5S2. The molecule has 0 bridgehead atoms. The molecule has 1 atom stereocenters. The third kappa shape index (κ3) is 6.75. The Kier molecular flexibility index (Phi) is 8.54. The molecule has 0 spiro atoms. The fraction of sp³-hybridized carbons (Fsp3) is 0.625. The van der Waals surface area contributed by atoms with E-state index in [1.165, 1.54) is 6.07 Å². The molecule has 25 heavy (non-hydrogen) atoms. The SMILES string of the molecule is CCC(CC)NC(=O)COC(=O)[C@H](NS(=O)(=O)c1cccs1)C(C)C. The molecular weight excluding hydrogens is 364 g/mol. The molecule has 142 valence electrons. The van der Waals surface area contributed by atoms with Crippen LogP contribution in [-0.2, 0) is 24.3 Å². The lowest BCUT2D eigenvalue weighted by molar-refractivity contribution is -0.151. The molecule has 1 rings (SSSR count). The van der Waals surface area contributed by atoms with Crippen molar-refractivity contribution < 1.29 is 22.7 Å². The van der Waals surface area contributed by atoms with Crippen molar-refractivity contribution in [3.05, 3.63) is 17.5 Å². The lowest BCUT2D eigenvalue weighted by Crippen LogP contribution is -2.46. The highest BCUT2D eigenvalue weighted by atomic mass is 32.2. The second-order valence-corrected chi connectivity index (χ2v) is 8.85. The van der Waals surface area contributed by atoms with Crippen LogP contribution in [-0.4, -0.2) is 39.0 Å². The van der Waals surface area contributed by atoms with Crippen LogP contribution in [0.1, 0.15) is 40.5 Å². The highest BCUT2D eigenvalue weighted by molar-refractivity contribution is 7.91. The summed E-state index contributed by atoms with van der Waals surface area (Å²) in [7, 11) is -3.80. The van der Waals surface area contributed by atoms with Crippen molar-refractivity contribution in [3.63, 3.8) is 0 Å². The maximum absolute atomic E-state index is 12.3. The fourth-order valence-electron chi connectivity index (χ4n) is 2.09. The number of carbonyl (C=O) groups is 2. The number of sulfonamides is 1. The number of amides is 1. The van der Waals surface area contributed by atoms with E-state index in [0.717, 1.165) is 24.2 Å². The van der Waals surface area contributed by atoms with Crippen LogP contribution < -0.4 is 10.0 Å². The second-order valence-electron chi connectivity index (χ2n) is 5.96. The van der Waals surface area contributed by atoms with Crippen LogP contribution in [0.4, 0.5) is 0 Å². The lowest BCUT2D eigenvalue weighted by Gasteiger charge is -2.21. The number of esters is 1. The summed E-state index contributed by atoms with van der Waals surface area (Å²) in [6.07, 6.45) is 1.57. The first-order valence-corrected chi connectivity index (χ1v) is 10.6. The third-order valence-electron chi connectivity index (χ3n) is 3.66. The van der Waals surface area contributed by atoms with Crippen molar-refractivity contribution in [2.45, 2.75) is 56.8 Å². The molecule has 0 aromatic carbocycles. The van der Waals surface area contributed by atoms with E-state index in [9.17, 15) is 18.0 Å². The predicted octanol–water partition coefficient (Wildman–Crippen LogP) is 1.90. The van der Waals surface area contributed by atoms with Crippen molar-refractivity contribution >= 4 is 33.2 Å². The number of hydrogen-bond donors (Lipinski definition) is 2. The summed E-state index contributed by atoms with van der Waals surface area (Å²) in [5, 5.41) is 4.40. The zero-order valence-corrected chi connectivity index (χ0v) is 16.6. The van der Waals surface area contributed by atoms with Gasteiger partial charge in [-0.3, -0.25) is 9.59 Å². The van der Waals surface area contributed by atoms with E-state index >= 15 is 0 Å². The summed E-state index contributed by atoms with van der Waals surface area (Å²) in [5.74, 6) is -1.50. The topological polar surface area (TPSA) is 102 Å². The predicted molar refractivity (Wildman–Crippen MR) is 96.7 cm³/mol. The summed E-state index contributed by atoms with van der Waals surface area (Å²) >= 11 is 1.06. The van der Waals surface area contributed by atoms with Gasteiger partial charge in [0.1, 0.15) is 10.3 Å². The van der Waals surface area contributed by atoms with Crippen LogP contribution in [0.25, 0.3) is 0 Å². The maximum Gasteiger partial charge on any atom is 0.324 e. The van der Waals surface area contributed by atoms with E-state index in [1.54, 1.807) is 25.3 Å². The highest BCUT2D eigenvalue weighted by Gasteiger charge is 2.30. The molecule has 1 heterocycles. The average Bonchev–Trinajstić information content (AvgIpc) is 3.10. The molecule has 0 unspecified atom stereocenters. The largest absolute Gasteiger partial charge is 0.454 e. The first-order chi connectivity index (χ1) is 11.7. The number of carbonyl (C=O) groups excluding carboxylic acids is 2. The van der Waals surface area contributed by atoms with Crippen LogP contribution in [0.5, 0.6) is 0 Å². The second kappa shape index (κ2) is 9.88. The Morgan fingerprint density at radius 2 is 1.88 bits per heavy atom. The molecule has 0 saturated carbocycles. The average molecular weight is 391 g/mol. The number of nitrogens with one attached hydrogen (secondary N) is 2. The van der Waals surface area contributed by atoms with Crippen LogP contribution in [0.15, 0.2) is 21.7 Å². The molecule has 0 saturated heterocycles. The van der Waals surface area contributed by atoms with Gasteiger partial charge >= 0.3 is 5.97 Å². The third-order valence-corrected chi connectivity index (χ3v) is 6.50. The van der Waals surface area contributed by atoms with E-state index < -0.39 is 34.5 Å². The normalized spacial score (nSPS) is 13.0. The zero-order valence-electron chi connectivity index (χ0n) is 14.9. The lowest BCUT2D eigenvalue weighted by atomic mass is 10.1. The van der Waals surface area contributed by atoms with Crippen LogP contribution in [0.3, 0.4) is 0 Å². The monoisotopic (exact) mass is 390 g/mol. The Bertz CT molecular complexity index is 652. The van der Waals surface area contributed by atoms with Crippen LogP contribution >= 0.6 is 11.3 Å².